The summed E-state index contributed by atoms with van der Waals surface area (Å²) in [5, 5.41) is 15.8. The first kappa shape index (κ1) is 23.1. The number of carbonyl (C=O) groups excluding carboxylic acids is 1. The van der Waals surface area contributed by atoms with Crippen LogP contribution in [-0.2, 0) is 24.1 Å². The molecule has 0 bridgehead atoms. The van der Waals surface area contributed by atoms with Crippen LogP contribution in [0.4, 0.5) is 0 Å². The SMILES string of the molecule is CCc1cc(C(NCCc2cccnc2)C(=O)NCCc2cccnc2)ccc1C(=O)O. The number of carboxylic acid groups (broad SMARTS) is 1. The highest BCUT2D eigenvalue weighted by Crippen LogP contribution is 2.20. The summed E-state index contributed by atoms with van der Waals surface area (Å²) in [4.78, 5) is 32.8. The topological polar surface area (TPSA) is 104 Å². The summed E-state index contributed by atoms with van der Waals surface area (Å²) in [7, 11) is 0. The molecule has 32 heavy (non-hydrogen) atoms. The van der Waals surface area contributed by atoms with Crippen molar-refractivity contribution in [3.05, 3.63) is 95.1 Å². The number of nitrogens with one attached hydrogen (secondary N) is 2. The minimum Gasteiger partial charge on any atom is -0.478 e. The molecule has 0 aliphatic rings. The van der Waals surface area contributed by atoms with Crippen molar-refractivity contribution in [2.45, 2.75) is 32.2 Å². The van der Waals surface area contributed by atoms with Gasteiger partial charge in [0.15, 0.2) is 0 Å². The molecule has 1 aromatic carbocycles. The number of aromatic nitrogens is 2. The predicted octanol–water partition coefficient (Wildman–Crippen LogP) is 2.97. The molecule has 1 amide bonds. The Morgan fingerprint density at radius 1 is 0.969 bits per heavy atom. The van der Waals surface area contributed by atoms with E-state index in [1.54, 1.807) is 30.7 Å². The lowest BCUT2D eigenvalue weighted by Gasteiger charge is -2.20. The van der Waals surface area contributed by atoms with Crippen molar-refractivity contribution < 1.29 is 14.7 Å². The molecule has 0 saturated heterocycles. The van der Waals surface area contributed by atoms with Crippen molar-refractivity contribution in [3.63, 3.8) is 0 Å². The molecule has 0 aliphatic carbocycles. The molecule has 1 unspecified atom stereocenters. The van der Waals surface area contributed by atoms with Gasteiger partial charge < -0.3 is 15.7 Å². The van der Waals surface area contributed by atoms with Crippen molar-refractivity contribution in [2.24, 2.45) is 0 Å². The smallest absolute Gasteiger partial charge is 0.335 e. The normalized spacial score (nSPS) is 11.7. The van der Waals surface area contributed by atoms with Crippen LogP contribution in [-0.4, -0.2) is 40.0 Å². The second-order valence-electron chi connectivity index (χ2n) is 7.48. The second kappa shape index (κ2) is 11.7. The average Bonchev–Trinajstić information content (AvgIpc) is 2.82. The van der Waals surface area contributed by atoms with Crippen molar-refractivity contribution in [1.29, 1.82) is 0 Å². The fraction of sp³-hybridized carbons (Fsp3) is 0.280. The largest absolute Gasteiger partial charge is 0.478 e. The third kappa shape index (κ3) is 6.46. The molecule has 7 nitrogen and oxygen atoms in total. The Labute approximate surface area is 187 Å². The highest BCUT2D eigenvalue weighted by atomic mass is 16.4. The summed E-state index contributed by atoms with van der Waals surface area (Å²) in [6, 6.07) is 12.2. The number of benzene rings is 1. The van der Waals surface area contributed by atoms with Crippen LogP contribution in [0.25, 0.3) is 0 Å². The molecule has 166 valence electrons. The lowest BCUT2D eigenvalue weighted by molar-refractivity contribution is -0.123. The maximum Gasteiger partial charge on any atom is 0.335 e. The number of pyridine rings is 2. The Bertz CT molecular complexity index is 1030. The molecule has 0 radical (unpaired) electrons. The molecule has 2 aromatic heterocycles. The molecular formula is C25H28N4O3. The Balaban J connectivity index is 1.72. The summed E-state index contributed by atoms with van der Waals surface area (Å²) in [5.74, 6) is -1.11. The standard InChI is InChI=1S/C25H28N4O3/c1-2-20-15-21(7-8-22(20)25(31)32)23(28-13-9-18-5-3-11-26-16-18)24(30)29-14-10-19-6-4-12-27-17-19/h3-8,11-12,15-17,23,28H,2,9-10,13-14H2,1H3,(H,29,30)(H,31,32). The number of aromatic carboxylic acids is 1. The average molecular weight is 433 g/mol. The second-order valence-corrected chi connectivity index (χ2v) is 7.48. The van der Waals surface area contributed by atoms with Crippen LogP contribution >= 0.6 is 0 Å². The summed E-state index contributed by atoms with van der Waals surface area (Å²) < 4.78 is 0. The van der Waals surface area contributed by atoms with Crippen molar-refractivity contribution in [1.82, 2.24) is 20.6 Å². The number of rotatable bonds is 11. The van der Waals surface area contributed by atoms with Crippen LogP contribution in [0.5, 0.6) is 0 Å². The highest BCUT2D eigenvalue weighted by Gasteiger charge is 2.21. The monoisotopic (exact) mass is 432 g/mol. The molecule has 0 fully saturated rings. The van der Waals surface area contributed by atoms with Crippen LogP contribution in [0.3, 0.4) is 0 Å². The fourth-order valence-corrected chi connectivity index (χ4v) is 3.54. The van der Waals surface area contributed by atoms with Crippen LogP contribution < -0.4 is 10.6 Å². The maximum absolute atomic E-state index is 13.1. The molecule has 3 aromatic rings. The summed E-state index contributed by atoms with van der Waals surface area (Å²) >= 11 is 0. The first-order valence-corrected chi connectivity index (χ1v) is 10.7. The van der Waals surface area contributed by atoms with Crippen molar-refractivity contribution in [2.75, 3.05) is 13.1 Å². The lowest BCUT2D eigenvalue weighted by Crippen LogP contribution is -2.39. The molecule has 3 rings (SSSR count). The van der Waals surface area contributed by atoms with E-state index in [4.69, 9.17) is 0 Å². The maximum atomic E-state index is 13.1. The third-order valence-electron chi connectivity index (χ3n) is 5.26. The van der Waals surface area contributed by atoms with E-state index in [0.717, 1.165) is 23.1 Å². The van der Waals surface area contributed by atoms with Gasteiger partial charge in [-0.05, 0) is 59.7 Å². The first-order chi connectivity index (χ1) is 15.6. The molecule has 0 saturated carbocycles. The number of aryl methyl sites for hydroxylation is 1. The number of hydrogen-bond acceptors (Lipinski definition) is 5. The minimum atomic E-state index is -0.963. The van der Waals surface area contributed by atoms with Crippen molar-refractivity contribution >= 4 is 11.9 Å². The van der Waals surface area contributed by atoms with E-state index >= 15 is 0 Å². The molecule has 0 aliphatic heterocycles. The Morgan fingerprint density at radius 3 is 2.19 bits per heavy atom. The first-order valence-electron chi connectivity index (χ1n) is 10.7. The molecule has 0 spiro atoms. The van der Waals surface area contributed by atoms with Crippen LogP contribution in [0.1, 0.15) is 45.6 Å². The van der Waals surface area contributed by atoms with Gasteiger partial charge in [0.2, 0.25) is 5.91 Å². The quantitative estimate of drug-likeness (QED) is 0.430. The van der Waals surface area contributed by atoms with Crippen LogP contribution in [0, 0.1) is 0 Å². The number of carbonyl (C=O) groups is 2. The summed E-state index contributed by atoms with van der Waals surface area (Å²) in [6.07, 6.45) is 9.01. The van der Waals surface area contributed by atoms with Gasteiger partial charge in [0.25, 0.3) is 0 Å². The molecule has 7 heteroatoms. The zero-order chi connectivity index (χ0) is 22.8. The highest BCUT2D eigenvalue weighted by molar-refractivity contribution is 5.90. The van der Waals surface area contributed by atoms with Gasteiger partial charge in [-0.25, -0.2) is 4.79 Å². The van der Waals surface area contributed by atoms with E-state index in [0.29, 0.717) is 31.5 Å². The zero-order valence-corrected chi connectivity index (χ0v) is 18.1. The molecule has 1 atom stereocenters. The zero-order valence-electron chi connectivity index (χ0n) is 18.1. The summed E-state index contributed by atoms with van der Waals surface area (Å²) in [6.45, 7) is 2.97. The van der Waals surface area contributed by atoms with Crippen LogP contribution in [0.2, 0.25) is 0 Å². The number of carboxylic acids is 1. The van der Waals surface area contributed by atoms with E-state index in [1.165, 1.54) is 0 Å². The van der Waals surface area contributed by atoms with Crippen molar-refractivity contribution in [3.8, 4) is 0 Å². The summed E-state index contributed by atoms with van der Waals surface area (Å²) in [5.41, 5.74) is 3.84. The van der Waals surface area contributed by atoms with E-state index < -0.39 is 12.0 Å². The van der Waals surface area contributed by atoms with Gasteiger partial charge in [-0.3, -0.25) is 14.8 Å². The van der Waals surface area contributed by atoms with Gasteiger partial charge >= 0.3 is 5.97 Å². The van der Waals surface area contributed by atoms with Gasteiger partial charge in [-0.15, -0.1) is 0 Å². The third-order valence-corrected chi connectivity index (χ3v) is 5.26. The number of amides is 1. The molecular weight excluding hydrogens is 404 g/mol. The van der Waals surface area contributed by atoms with E-state index in [2.05, 4.69) is 20.6 Å². The van der Waals surface area contributed by atoms with E-state index in [1.807, 2.05) is 43.5 Å². The predicted molar refractivity (Wildman–Crippen MR) is 122 cm³/mol. The molecule has 3 N–H and O–H groups in total. The van der Waals surface area contributed by atoms with Gasteiger partial charge in [-0.2, -0.15) is 0 Å². The van der Waals surface area contributed by atoms with Gasteiger partial charge in [0.1, 0.15) is 6.04 Å². The van der Waals surface area contributed by atoms with Crippen LogP contribution in [0.15, 0.2) is 67.3 Å². The van der Waals surface area contributed by atoms with E-state index in [-0.39, 0.29) is 11.5 Å². The lowest BCUT2D eigenvalue weighted by atomic mass is 9.97. The fourth-order valence-electron chi connectivity index (χ4n) is 3.54. The number of nitrogens with zero attached hydrogens (tertiary/aromatic N) is 2. The van der Waals surface area contributed by atoms with Gasteiger partial charge in [0.05, 0.1) is 5.56 Å². The van der Waals surface area contributed by atoms with E-state index in [9.17, 15) is 14.7 Å². The minimum absolute atomic E-state index is 0.148. The number of hydrogen-bond donors (Lipinski definition) is 3. The Kier molecular flexibility index (Phi) is 8.45. The van der Waals surface area contributed by atoms with Gasteiger partial charge in [-0.1, -0.05) is 31.2 Å². The van der Waals surface area contributed by atoms with Gasteiger partial charge in [0, 0.05) is 37.9 Å². The molecule has 2 heterocycles. The Hall–Kier alpha value is -3.58. The Morgan fingerprint density at radius 2 is 1.62 bits per heavy atom.